The van der Waals surface area contributed by atoms with Gasteiger partial charge in [0.2, 0.25) is 11.7 Å². The van der Waals surface area contributed by atoms with Crippen molar-refractivity contribution in [3.05, 3.63) is 18.4 Å². The molecular weight excluding hydrogens is 174 g/mol. The number of hydrogen-bond acceptors (Lipinski definition) is 5. The zero-order chi connectivity index (χ0) is 9.84. The number of amides is 1. The zero-order valence-corrected chi connectivity index (χ0v) is 6.77. The van der Waals surface area contributed by atoms with Crippen molar-refractivity contribution in [2.45, 2.75) is 12.5 Å². The van der Waals surface area contributed by atoms with Crippen molar-refractivity contribution in [2.24, 2.45) is 11.5 Å². The van der Waals surface area contributed by atoms with Crippen LogP contribution in [0.15, 0.2) is 16.9 Å². The lowest BCUT2D eigenvalue weighted by molar-refractivity contribution is -0.118. The van der Waals surface area contributed by atoms with Crippen LogP contribution in [0, 0.1) is 0 Å². The first-order chi connectivity index (χ1) is 6.11. The van der Waals surface area contributed by atoms with Crippen LogP contribution in [-0.2, 0) is 4.79 Å². The summed E-state index contributed by atoms with van der Waals surface area (Å²) >= 11 is 0. The van der Waals surface area contributed by atoms with Gasteiger partial charge in [-0.25, -0.2) is 4.98 Å². The van der Waals surface area contributed by atoms with E-state index in [1.807, 2.05) is 0 Å². The molecule has 0 aromatic carbocycles. The molecule has 0 radical (unpaired) electrons. The van der Waals surface area contributed by atoms with Crippen LogP contribution in [0.1, 0.15) is 17.1 Å². The molecule has 1 atom stereocenters. The van der Waals surface area contributed by atoms with Crippen molar-refractivity contribution in [2.75, 3.05) is 0 Å². The first kappa shape index (κ1) is 9.40. The van der Waals surface area contributed by atoms with E-state index in [4.69, 9.17) is 15.9 Å². The second-order valence-corrected chi connectivity index (χ2v) is 2.48. The Kier molecular flexibility index (Phi) is 2.76. The highest BCUT2D eigenvalue weighted by molar-refractivity contribution is 5.98. The molecule has 0 aliphatic heterocycles. The molecule has 0 unspecified atom stereocenters. The molecule has 13 heavy (non-hydrogen) atoms. The van der Waals surface area contributed by atoms with Gasteiger partial charge < -0.3 is 15.9 Å². The lowest BCUT2D eigenvalue weighted by atomic mass is 10.1. The number of Topliss-reactive ketones (excluding diaryl/α,β-unsaturated/α-hetero) is 1. The van der Waals surface area contributed by atoms with Crippen molar-refractivity contribution < 1.29 is 14.0 Å². The number of primary amides is 1. The Balaban J connectivity index is 2.63. The van der Waals surface area contributed by atoms with Gasteiger partial charge in [-0.3, -0.25) is 9.59 Å². The van der Waals surface area contributed by atoms with E-state index in [0.29, 0.717) is 0 Å². The van der Waals surface area contributed by atoms with E-state index in [-0.39, 0.29) is 12.3 Å². The van der Waals surface area contributed by atoms with E-state index >= 15 is 0 Å². The van der Waals surface area contributed by atoms with Gasteiger partial charge in [0.15, 0.2) is 0 Å². The molecule has 4 N–H and O–H groups in total. The highest BCUT2D eigenvalue weighted by Gasteiger charge is 2.21. The summed E-state index contributed by atoms with van der Waals surface area (Å²) in [5, 5.41) is 0. The molecule has 1 amide bonds. The second kappa shape index (κ2) is 3.81. The maximum atomic E-state index is 11.3. The zero-order valence-electron chi connectivity index (χ0n) is 6.77. The van der Waals surface area contributed by atoms with Crippen LogP contribution >= 0.6 is 0 Å². The van der Waals surface area contributed by atoms with Crippen molar-refractivity contribution in [1.29, 1.82) is 0 Å². The number of ketones is 1. The van der Waals surface area contributed by atoms with Crippen LogP contribution in [0.4, 0.5) is 0 Å². The number of hydrogen-bond donors (Lipinski definition) is 2. The van der Waals surface area contributed by atoms with Gasteiger partial charge in [0, 0.05) is 6.42 Å². The molecular formula is C7H9N3O3. The van der Waals surface area contributed by atoms with Crippen molar-refractivity contribution in [3.8, 4) is 0 Å². The fourth-order valence-corrected chi connectivity index (χ4v) is 0.813. The number of carbonyl (C=O) groups excluding carboxylic acids is 2. The van der Waals surface area contributed by atoms with Gasteiger partial charge in [-0.2, -0.15) is 0 Å². The number of aromatic nitrogens is 1. The van der Waals surface area contributed by atoms with E-state index in [9.17, 15) is 9.59 Å². The summed E-state index contributed by atoms with van der Waals surface area (Å²) in [6, 6.07) is -0.976. The Labute approximate surface area is 73.9 Å². The predicted molar refractivity (Wildman–Crippen MR) is 42.6 cm³/mol. The molecule has 0 saturated carbocycles. The quantitative estimate of drug-likeness (QED) is 0.585. The minimum absolute atomic E-state index is 0.103. The van der Waals surface area contributed by atoms with Crippen LogP contribution in [0.2, 0.25) is 0 Å². The molecule has 70 valence electrons. The Morgan fingerprint density at radius 3 is 2.77 bits per heavy atom. The molecule has 1 rings (SSSR count). The number of carbonyl (C=O) groups is 2. The Hall–Kier alpha value is -1.69. The first-order valence-corrected chi connectivity index (χ1v) is 3.59. The summed E-state index contributed by atoms with van der Waals surface area (Å²) in [6.07, 6.45) is 2.37. The summed E-state index contributed by atoms with van der Waals surface area (Å²) in [5.74, 6) is -1.26. The lowest BCUT2D eigenvalue weighted by Crippen LogP contribution is -2.35. The van der Waals surface area contributed by atoms with E-state index in [1.165, 1.54) is 12.5 Å². The Bertz CT molecular complexity index is 307. The van der Waals surface area contributed by atoms with Crippen LogP contribution in [0.5, 0.6) is 0 Å². The molecule has 0 spiro atoms. The van der Waals surface area contributed by atoms with Crippen LogP contribution < -0.4 is 11.5 Å². The van der Waals surface area contributed by atoms with Crippen LogP contribution in [-0.4, -0.2) is 22.7 Å². The molecule has 0 bridgehead atoms. The molecule has 0 fully saturated rings. The molecule has 6 heteroatoms. The lowest BCUT2D eigenvalue weighted by Gasteiger charge is -2.03. The van der Waals surface area contributed by atoms with Gasteiger partial charge in [0.1, 0.15) is 6.26 Å². The third kappa shape index (κ3) is 2.38. The summed E-state index contributed by atoms with van der Waals surface area (Å²) in [5.41, 5.74) is 10.2. The van der Waals surface area contributed by atoms with E-state index in [2.05, 4.69) is 4.98 Å². The second-order valence-electron chi connectivity index (χ2n) is 2.48. The van der Waals surface area contributed by atoms with E-state index in [0.717, 1.165) is 0 Å². The fourth-order valence-electron chi connectivity index (χ4n) is 0.813. The van der Waals surface area contributed by atoms with Gasteiger partial charge in [-0.1, -0.05) is 0 Å². The maximum absolute atomic E-state index is 11.3. The summed E-state index contributed by atoms with van der Waals surface area (Å²) in [7, 11) is 0. The highest BCUT2D eigenvalue weighted by Crippen LogP contribution is 2.01. The van der Waals surface area contributed by atoms with Gasteiger partial charge in [-0.15, -0.1) is 0 Å². The standard InChI is InChI=1S/C7H9N3O3/c8-4(3-5(9)11)6(12)7-10-1-2-13-7/h1-2,4H,3,8H2,(H2,9,11)/t4-/m1/s1. The van der Waals surface area contributed by atoms with Crippen LogP contribution in [0.3, 0.4) is 0 Å². The summed E-state index contributed by atoms with van der Waals surface area (Å²) < 4.78 is 4.71. The molecule has 1 aromatic heterocycles. The minimum atomic E-state index is -0.976. The van der Waals surface area contributed by atoms with Gasteiger partial charge in [-0.05, 0) is 0 Å². The molecule has 1 aromatic rings. The smallest absolute Gasteiger partial charge is 0.264 e. The molecule has 6 nitrogen and oxygen atoms in total. The fraction of sp³-hybridized carbons (Fsp3) is 0.286. The highest BCUT2D eigenvalue weighted by atomic mass is 16.3. The molecule has 0 aliphatic rings. The first-order valence-electron chi connectivity index (χ1n) is 3.59. The minimum Gasteiger partial charge on any atom is -0.442 e. The largest absolute Gasteiger partial charge is 0.442 e. The Morgan fingerprint density at radius 2 is 2.31 bits per heavy atom. The van der Waals surface area contributed by atoms with Crippen molar-refractivity contribution in [1.82, 2.24) is 4.98 Å². The summed E-state index contributed by atoms with van der Waals surface area (Å²) in [6.45, 7) is 0. The number of oxazole rings is 1. The average Bonchev–Trinajstić information content (AvgIpc) is 2.53. The van der Waals surface area contributed by atoms with E-state index in [1.54, 1.807) is 0 Å². The van der Waals surface area contributed by atoms with Gasteiger partial charge in [0.05, 0.1) is 12.2 Å². The normalized spacial score (nSPS) is 12.4. The van der Waals surface area contributed by atoms with Crippen LogP contribution in [0.25, 0.3) is 0 Å². The van der Waals surface area contributed by atoms with Crippen molar-refractivity contribution >= 4 is 11.7 Å². The summed E-state index contributed by atoms with van der Waals surface area (Å²) in [4.78, 5) is 25.3. The monoisotopic (exact) mass is 183 g/mol. The van der Waals surface area contributed by atoms with Gasteiger partial charge in [0.25, 0.3) is 5.89 Å². The van der Waals surface area contributed by atoms with E-state index < -0.39 is 17.7 Å². The third-order valence-corrected chi connectivity index (χ3v) is 1.40. The van der Waals surface area contributed by atoms with Gasteiger partial charge >= 0.3 is 0 Å². The maximum Gasteiger partial charge on any atom is 0.264 e. The third-order valence-electron chi connectivity index (χ3n) is 1.40. The number of nitrogens with zero attached hydrogens (tertiary/aromatic N) is 1. The topological polar surface area (TPSA) is 112 Å². The number of nitrogens with two attached hydrogens (primary N) is 2. The predicted octanol–water partition coefficient (Wildman–Crippen LogP) is -0.940. The SMILES string of the molecule is NC(=O)C[C@@H](N)C(=O)c1ncco1. The molecule has 1 heterocycles. The van der Waals surface area contributed by atoms with Crippen molar-refractivity contribution in [3.63, 3.8) is 0 Å². The average molecular weight is 183 g/mol. The number of rotatable bonds is 4. The Morgan fingerprint density at radius 1 is 1.62 bits per heavy atom. The molecule has 0 saturated heterocycles. The molecule has 0 aliphatic carbocycles.